The molecule has 4 rings (SSSR count). The molecule has 0 amide bonds. The summed E-state index contributed by atoms with van der Waals surface area (Å²) in [6.07, 6.45) is 4.11. The van der Waals surface area contributed by atoms with Gasteiger partial charge in [0.15, 0.2) is 11.6 Å². The zero-order chi connectivity index (χ0) is 16.5. The number of benzene rings is 1. The number of halogens is 1. The van der Waals surface area contributed by atoms with Crippen LogP contribution in [-0.4, -0.2) is 33.9 Å². The van der Waals surface area contributed by atoms with Crippen LogP contribution >= 0.6 is 0 Å². The summed E-state index contributed by atoms with van der Waals surface area (Å²) in [5.41, 5.74) is 0.582. The molecule has 24 heavy (non-hydrogen) atoms. The van der Waals surface area contributed by atoms with Crippen molar-refractivity contribution >= 4 is 5.78 Å². The van der Waals surface area contributed by atoms with Crippen LogP contribution in [0.2, 0.25) is 0 Å². The lowest BCUT2D eigenvalue weighted by Crippen LogP contribution is -2.38. The summed E-state index contributed by atoms with van der Waals surface area (Å²) in [6, 6.07) is 5.81. The second-order valence-corrected chi connectivity index (χ2v) is 6.77. The van der Waals surface area contributed by atoms with Crippen LogP contribution in [0, 0.1) is 11.7 Å². The van der Waals surface area contributed by atoms with E-state index in [0.29, 0.717) is 30.4 Å². The number of hydrogen-bond acceptors (Lipinski definition) is 5. The molecular weight excluding hydrogens is 309 g/mol. The minimum atomic E-state index is -0.319. The number of carbonyl (C=O) groups is 1. The molecule has 1 aliphatic heterocycles. The number of carbonyl (C=O) groups excluding carboxylic acids is 1. The average Bonchev–Trinajstić information content (AvgIpc) is 3.35. The number of piperidine rings is 1. The third-order valence-electron chi connectivity index (χ3n) is 4.78. The third kappa shape index (κ3) is 3.38. The lowest BCUT2D eigenvalue weighted by Gasteiger charge is -2.31. The fraction of sp³-hybridized carbons (Fsp3) is 0.500. The summed E-state index contributed by atoms with van der Waals surface area (Å²) in [7, 11) is 0. The Bertz CT molecular complexity index is 724. The number of nitrogens with zero attached hydrogens (tertiary/aromatic N) is 3. The maximum Gasteiger partial charge on any atom is 0.229 e. The lowest BCUT2D eigenvalue weighted by molar-refractivity contribution is 0.0807. The Morgan fingerprint density at radius 3 is 2.79 bits per heavy atom. The number of ketones is 1. The van der Waals surface area contributed by atoms with Gasteiger partial charge in [-0.2, -0.15) is 4.98 Å². The van der Waals surface area contributed by atoms with E-state index in [0.717, 1.165) is 38.1 Å². The van der Waals surface area contributed by atoms with Gasteiger partial charge in [0.1, 0.15) is 5.82 Å². The van der Waals surface area contributed by atoms with Gasteiger partial charge >= 0.3 is 0 Å². The van der Waals surface area contributed by atoms with Gasteiger partial charge in [-0.25, -0.2) is 4.39 Å². The van der Waals surface area contributed by atoms with Crippen molar-refractivity contribution in [3.63, 3.8) is 0 Å². The number of aromatic nitrogens is 2. The molecule has 126 valence electrons. The van der Waals surface area contributed by atoms with Gasteiger partial charge < -0.3 is 4.52 Å². The van der Waals surface area contributed by atoms with E-state index in [4.69, 9.17) is 4.52 Å². The molecule has 0 bridgehead atoms. The highest BCUT2D eigenvalue weighted by Crippen LogP contribution is 2.38. The van der Waals surface area contributed by atoms with Gasteiger partial charge in [0.05, 0.1) is 6.54 Å². The molecule has 1 aromatic carbocycles. The van der Waals surface area contributed by atoms with Crippen LogP contribution in [0.15, 0.2) is 28.8 Å². The normalized spacial score (nSPS) is 21.8. The van der Waals surface area contributed by atoms with Gasteiger partial charge in [-0.3, -0.25) is 9.69 Å². The maximum absolute atomic E-state index is 13.0. The van der Waals surface area contributed by atoms with Crippen molar-refractivity contribution in [1.82, 2.24) is 15.0 Å². The molecule has 0 spiro atoms. The number of Topliss-reactive ketones (excluding diaryl/α,β-unsaturated/α-hetero) is 1. The Morgan fingerprint density at radius 1 is 1.25 bits per heavy atom. The van der Waals surface area contributed by atoms with E-state index in [2.05, 4.69) is 15.0 Å². The first kappa shape index (κ1) is 15.4. The van der Waals surface area contributed by atoms with Crippen LogP contribution in [0.4, 0.5) is 4.39 Å². The molecule has 6 heteroatoms. The SMILES string of the molecule is O=C(c1ccc(F)cc1)C1CCCN(Cc2noc(C3CC3)n2)C1. The lowest BCUT2D eigenvalue weighted by atomic mass is 9.90. The summed E-state index contributed by atoms with van der Waals surface area (Å²) in [6.45, 7) is 2.23. The molecule has 1 aromatic heterocycles. The van der Waals surface area contributed by atoms with Crippen LogP contribution in [0.5, 0.6) is 0 Å². The van der Waals surface area contributed by atoms with Crippen LogP contribution < -0.4 is 0 Å². The van der Waals surface area contributed by atoms with Gasteiger partial charge in [-0.1, -0.05) is 5.16 Å². The highest BCUT2D eigenvalue weighted by Gasteiger charge is 2.31. The molecule has 0 N–H and O–H groups in total. The zero-order valence-electron chi connectivity index (χ0n) is 13.4. The molecule has 2 heterocycles. The first-order valence-corrected chi connectivity index (χ1v) is 8.53. The van der Waals surface area contributed by atoms with Crippen LogP contribution in [0.3, 0.4) is 0 Å². The Balaban J connectivity index is 1.39. The summed E-state index contributed by atoms with van der Waals surface area (Å²) in [4.78, 5) is 19.3. The topological polar surface area (TPSA) is 59.2 Å². The van der Waals surface area contributed by atoms with E-state index in [1.165, 1.54) is 12.1 Å². The predicted octanol–water partition coefficient (Wildman–Crippen LogP) is 3.18. The van der Waals surface area contributed by atoms with E-state index < -0.39 is 0 Å². The molecule has 1 aliphatic carbocycles. The molecule has 1 atom stereocenters. The number of likely N-dealkylation sites (tertiary alicyclic amines) is 1. The molecule has 0 radical (unpaired) electrons. The van der Waals surface area contributed by atoms with Crippen LogP contribution in [0.25, 0.3) is 0 Å². The molecule has 1 unspecified atom stereocenters. The van der Waals surface area contributed by atoms with Gasteiger partial charge in [0.25, 0.3) is 0 Å². The van der Waals surface area contributed by atoms with E-state index in [9.17, 15) is 9.18 Å². The zero-order valence-corrected chi connectivity index (χ0v) is 13.4. The highest BCUT2D eigenvalue weighted by atomic mass is 19.1. The van der Waals surface area contributed by atoms with Crippen molar-refractivity contribution in [2.24, 2.45) is 5.92 Å². The van der Waals surface area contributed by atoms with Gasteiger partial charge in [-0.15, -0.1) is 0 Å². The largest absolute Gasteiger partial charge is 0.339 e. The summed E-state index contributed by atoms with van der Waals surface area (Å²) < 4.78 is 18.3. The van der Waals surface area contributed by atoms with Crippen LogP contribution in [-0.2, 0) is 6.54 Å². The molecule has 5 nitrogen and oxygen atoms in total. The van der Waals surface area contributed by atoms with E-state index >= 15 is 0 Å². The average molecular weight is 329 g/mol. The van der Waals surface area contributed by atoms with E-state index in [1.807, 2.05) is 0 Å². The Kier molecular flexibility index (Phi) is 4.14. The second-order valence-electron chi connectivity index (χ2n) is 6.77. The standard InChI is InChI=1S/C18H20FN3O2/c19-15-7-5-12(6-8-15)17(23)14-2-1-9-22(10-14)11-16-20-18(24-21-16)13-3-4-13/h5-8,13-14H,1-4,9-11H2. The van der Waals surface area contributed by atoms with Gasteiger partial charge in [0, 0.05) is 23.9 Å². The molecule has 1 saturated heterocycles. The quantitative estimate of drug-likeness (QED) is 0.789. The Morgan fingerprint density at radius 2 is 2.04 bits per heavy atom. The predicted molar refractivity (Wildman–Crippen MR) is 85.0 cm³/mol. The number of rotatable bonds is 5. The maximum atomic E-state index is 13.0. The highest BCUT2D eigenvalue weighted by molar-refractivity contribution is 5.98. The van der Waals surface area contributed by atoms with Crippen LogP contribution in [0.1, 0.15) is 53.7 Å². The summed E-state index contributed by atoms with van der Waals surface area (Å²) in [5.74, 6) is 1.62. The van der Waals surface area contributed by atoms with Crippen molar-refractivity contribution in [3.8, 4) is 0 Å². The minimum absolute atomic E-state index is 0.0565. The summed E-state index contributed by atoms with van der Waals surface area (Å²) in [5, 5.41) is 4.05. The number of hydrogen-bond donors (Lipinski definition) is 0. The fourth-order valence-electron chi connectivity index (χ4n) is 3.29. The molecule has 2 aromatic rings. The fourth-order valence-corrected chi connectivity index (χ4v) is 3.29. The molecule has 2 aliphatic rings. The van der Waals surface area contributed by atoms with E-state index in [-0.39, 0.29) is 17.5 Å². The Hall–Kier alpha value is -2.08. The summed E-state index contributed by atoms with van der Waals surface area (Å²) >= 11 is 0. The van der Waals surface area contributed by atoms with Crippen molar-refractivity contribution in [3.05, 3.63) is 47.4 Å². The first-order chi connectivity index (χ1) is 11.7. The Labute approximate surface area is 139 Å². The monoisotopic (exact) mass is 329 g/mol. The van der Waals surface area contributed by atoms with Crippen molar-refractivity contribution < 1.29 is 13.7 Å². The minimum Gasteiger partial charge on any atom is -0.339 e. The second kappa shape index (κ2) is 6.43. The van der Waals surface area contributed by atoms with Crippen molar-refractivity contribution in [1.29, 1.82) is 0 Å². The van der Waals surface area contributed by atoms with E-state index in [1.54, 1.807) is 12.1 Å². The third-order valence-corrected chi connectivity index (χ3v) is 4.78. The van der Waals surface area contributed by atoms with Gasteiger partial charge in [0.2, 0.25) is 5.89 Å². The van der Waals surface area contributed by atoms with Gasteiger partial charge in [-0.05, 0) is 56.5 Å². The molecule has 2 fully saturated rings. The van der Waals surface area contributed by atoms with Crippen molar-refractivity contribution in [2.75, 3.05) is 13.1 Å². The molecule has 1 saturated carbocycles. The van der Waals surface area contributed by atoms with Crippen molar-refractivity contribution in [2.45, 2.75) is 38.1 Å². The first-order valence-electron chi connectivity index (χ1n) is 8.53. The smallest absolute Gasteiger partial charge is 0.229 e. The molecular formula is C18H20FN3O2.